The third-order valence-electron chi connectivity index (χ3n) is 2.78. The van der Waals surface area contributed by atoms with Crippen LogP contribution in [-0.4, -0.2) is 11.9 Å². The highest BCUT2D eigenvalue weighted by atomic mass is 16.6. The molecular formula is C16H15N2O2. The van der Waals surface area contributed by atoms with Gasteiger partial charge in [0.2, 0.25) is 0 Å². The van der Waals surface area contributed by atoms with Crippen LogP contribution in [0.4, 0.5) is 4.79 Å². The SMILES string of the molecule is CCc1ccc(OC(=O)NC(=N)c2cc[c]cc2)cc1. The molecule has 0 saturated heterocycles. The number of carbonyl (C=O) groups is 1. The van der Waals surface area contributed by atoms with E-state index in [0.29, 0.717) is 11.3 Å². The van der Waals surface area contributed by atoms with Gasteiger partial charge in [0.25, 0.3) is 0 Å². The van der Waals surface area contributed by atoms with Gasteiger partial charge in [-0.1, -0.05) is 43.3 Å². The Hall–Kier alpha value is -2.62. The highest BCUT2D eigenvalue weighted by molar-refractivity contribution is 6.04. The molecule has 101 valence electrons. The maximum atomic E-state index is 11.7. The maximum absolute atomic E-state index is 11.7. The van der Waals surface area contributed by atoms with E-state index < -0.39 is 6.09 Å². The molecule has 0 heterocycles. The average Bonchev–Trinajstić information content (AvgIpc) is 2.49. The number of ether oxygens (including phenoxy) is 1. The van der Waals surface area contributed by atoms with Gasteiger partial charge in [0.05, 0.1) is 0 Å². The Morgan fingerprint density at radius 1 is 1.20 bits per heavy atom. The van der Waals surface area contributed by atoms with Crippen molar-refractivity contribution in [2.45, 2.75) is 13.3 Å². The zero-order chi connectivity index (χ0) is 14.4. The lowest BCUT2D eigenvalue weighted by molar-refractivity contribution is 0.206. The lowest BCUT2D eigenvalue weighted by Crippen LogP contribution is -2.32. The monoisotopic (exact) mass is 267 g/mol. The second kappa shape index (κ2) is 6.52. The molecule has 4 nitrogen and oxygen atoms in total. The zero-order valence-corrected chi connectivity index (χ0v) is 11.1. The molecule has 0 aliphatic carbocycles. The standard InChI is InChI=1S/C16H15N2O2/c1-2-12-8-10-14(11-9-12)20-16(19)18-15(17)13-6-4-3-5-7-13/h4-11H,2H2,1H3,(H2,17,18,19). The number of amides is 1. The van der Waals surface area contributed by atoms with Crippen molar-refractivity contribution in [3.05, 3.63) is 65.7 Å². The van der Waals surface area contributed by atoms with Crippen molar-refractivity contribution >= 4 is 11.9 Å². The zero-order valence-electron chi connectivity index (χ0n) is 11.1. The Morgan fingerprint density at radius 3 is 2.45 bits per heavy atom. The number of hydrogen-bond donors (Lipinski definition) is 2. The van der Waals surface area contributed by atoms with Gasteiger partial charge in [-0.3, -0.25) is 10.7 Å². The summed E-state index contributed by atoms with van der Waals surface area (Å²) in [6.07, 6.45) is 0.259. The molecule has 0 bridgehead atoms. The predicted molar refractivity (Wildman–Crippen MR) is 77.1 cm³/mol. The lowest BCUT2D eigenvalue weighted by atomic mass is 10.2. The Kier molecular flexibility index (Phi) is 4.50. The van der Waals surface area contributed by atoms with E-state index in [9.17, 15) is 4.79 Å². The quantitative estimate of drug-likeness (QED) is 0.662. The van der Waals surface area contributed by atoms with E-state index >= 15 is 0 Å². The average molecular weight is 267 g/mol. The number of hydrogen-bond acceptors (Lipinski definition) is 3. The summed E-state index contributed by atoms with van der Waals surface area (Å²) in [6.45, 7) is 2.06. The van der Waals surface area contributed by atoms with Gasteiger partial charge in [0, 0.05) is 5.56 Å². The van der Waals surface area contributed by atoms with Crippen molar-refractivity contribution in [3.63, 3.8) is 0 Å². The predicted octanol–water partition coefficient (Wildman–Crippen LogP) is 3.16. The van der Waals surface area contributed by atoms with Crippen LogP contribution in [0.2, 0.25) is 0 Å². The Labute approximate surface area is 117 Å². The third kappa shape index (κ3) is 3.68. The minimum Gasteiger partial charge on any atom is -0.410 e. The van der Waals surface area contributed by atoms with Gasteiger partial charge in [-0.2, -0.15) is 0 Å². The van der Waals surface area contributed by atoms with Gasteiger partial charge in [0.15, 0.2) is 0 Å². The Morgan fingerprint density at radius 2 is 1.85 bits per heavy atom. The largest absolute Gasteiger partial charge is 0.418 e. The Bertz CT molecular complexity index is 592. The number of carbonyl (C=O) groups excluding carboxylic acids is 1. The third-order valence-corrected chi connectivity index (χ3v) is 2.78. The first-order valence-electron chi connectivity index (χ1n) is 6.32. The van der Waals surface area contributed by atoms with E-state index in [1.807, 2.05) is 12.1 Å². The molecule has 0 unspecified atom stereocenters. The van der Waals surface area contributed by atoms with E-state index in [1.54, 1.807) is 36.4 Å². The van der Waals surface area contributed by atoms with Gasteiger partial charge < -0.3 is 4.74 Å². The molecule has 1 amide bonds. The minimum atomic E-state index is -0.674. The molecule has 2 rings (SSSR count). The molecule has 0 atom stereocenters. The fraction of sp³-hybridized carbons (Fsp3) is 0.125. The van der Waals surface area contributed by atoms with Gasteiger partial charge in [-0.05, 0) is 30.2 Å². The molecule has 0 aliphatic rings. The number of benzene rings is 2. The van der Waals surface area contributed by atoms with E-state index in [4.69, 9.17) is 10.1 Å². The van der Waals surface area contributed by atoms with Crippen molar-refractivity contribution in [2.24, 2.45) is 0 Å². The molecule has 0 spiro atoms. The first-order valence-corrected chi connectivity index (χ1v) is 6.32. The smallest absolute Gasteiger partial charge is 0.410 e. The highest BCUT2D eigenvalue weighted by Gasteiger charge is 2.08. The van der Waals surface area contributed by atoms with Crippen LogP contribution in [0.25, 0.3) is 0 Å². The van der Waals surface area contributed by atoms with Crippen LogP contribution in [-0.2, 0) is 6.42 Å². The number of nitrogens with one attached hydrogen (secondary N) is 2. The molecule has 2 aromatic carbocycles. The molecule has 0 saturated carbocycles. The van der Waals surface area contributed by atoms with Crippen molar-refractivity contribution in [1.82, 2.24) is 5.32 Å². The molecule has 2 aromatic rings. The topological polar surface area (TPSA) is 62.2 Å². The lowest BCUT2D eigenvalue weighted by Gasteiger charge is -2.08. The number of aryl methyl sites for hydroxylation is 1. The van der Waals surface area contributed by atoms with Crippen molar-refractivity contribution in [3.8, 4) is 5.75 Å². The van der Waals surface area contributed by atoms with Crippen LogP contribution in [0.5, 0.6) is 5.75 Å². The first-order chi connectivity index (χ1) is 9.69. The fourth-order valence-corrected chi connectivity index (χ4v) is 1.65. The summed E-state index contributed by atoms with van der Waals surface area (Å²) in [5.74, 6) is 0.447. The molecule has 2 N–H and O–H groups in total. The second-order valence-electron chi connectivity index (χ2n) is 4.18. The molecule has 0 aromatic heterocycles. The summed E-state index contributed by atoms with van der Waals surface area (Å²) < 4.78 is 5.11. The summed E-state index contributed by atoms with van der Waals surface area (Å²) in [4.78, 5) is 11.7. The van der Waals surface area contributed by atoms with Crippen LogP contribution >= 0.6 is 0 Å². The van der Waals surface area contributed by atoms with Crippen LogP contribution in [0.15, 0.2) is 48.5 Å². The molecule has 20 heavy (non-hydrogen) atoms. The van der Waals surface area contributed by atoms with Crippen LogP contribution in [0.3, 0.4) is 0 Å². The van der Waals surface area contributed by atoms with E-state index in [1.165, 1.54) is 5.56 Å². The van der Waals surface area contributed by atoms with Crippen molar-refractivity contribution in [2.75, 3.05) is 0 Å². The minimum absolute atomic E-state index is 0.00539. The van der Waals surface area contributed by atoms with E-state index in [0.717, 1.165) is 6.42 Å². The van der Waals surface area contributed by atoms with Crippen LogP contribution in [0, 0.1) is 11.5 Å². The van der Waals surface area contributed by atoms with Crippen molar-refractivity contribution in [1.29, 1.82) is 5.41 Å². The van der Waals surface area contributed by atoms with Crippen molar-refractivity contribution < 1.29 is 9.53 Å². The summed E-state index contributed by atoms with van der Waals surface area (Å²) >= 11 is 0. The van der Waals surface area contributed by atoms with E-state index in [-0.39, 0.29) is 5.84 Å². The summed E-state index contributed by atoms with van der Waals surface area (Å²) in [7, 11) is 0. The number of rotatable bonds is 3. The summed E-state index contributed by atoms with van der Waals surface area (Å²) in [5.41, 5.74) is 1.77. The van der Waals surface area contributed by atoms with Gasteiger partial charge in [-0.15, -0.1) is 0 Å². The normalized spacial score (nSPS) is 9.85. The molecular weight excluding hydrogens is 252 g/mol. The van der Waals surface area contributed by atoms with Gasteiger partial charge >= 0.3 is 6.09 Å². The molecule has 1 radical (unpaired) electrons. The van der Waals surface area contributed by atoms with Gasteiger partial charge in [0.1, 0.15) is 11.6 Å². The Balaban J connectivity index is 1.93. The van der Waals surface area contributed by atoms with Gasteiger partial charge in [-0.25, -0.2) is 4.79 Å². The van der Waals surface area contributed by atoms with E-state index in [2.05, 4.69) is 18.3 Å². The second-order valence-corrected chi connectivity index (χ2v) is 4.18. The molecule has 0 fully saturated rings. The molecule has 0 aliphatic heterocycles. The number of amidine groups is 1. The van der Waals surface area contributed by atoms with Crippen LogP contribution in [0.1, 0.15) is 18.1 Å². The fourth-order valence-electron chi connectivity index (χ4n) is 1.65. The first kappa shape index (κ1) is 13.8. The highest BCUT2D eigenvalue weighted by Crippen LogP contribution is 2.12. The summed E-state index contributed by atoms with van der Waals surface area (Å²) in [5, 5.41) is 10.1. The van der Waals surface area contributed by atoms with Crippen LogP contribution < -0.4 is 10.1 Å². The summed E-state index contributed by atoms with van der Waals surface area (Å²) in [6, 6.07) is 16.9. The maximum Gasteiger partial charge on any atom is 0.418 e. The molecule has 4 heteroatoms.